The lowest BCUT2D eigenvalue weighted by atomic mass is 9.98. The van der Waals surface area contributed by atoms with Crippen molar-refractivity contribution in [3.8, 4) is 0 Å². The minimum atomic E-state index is -0.299. The van der Waals surface area contributed by atoms with Gasteiger partial charge in [-0.25, -0.2) is 4.39 Å². The van der Waals surface area contributed by atoms with Crippen molar-refractivity contribution in [1.82, 2.24) is 0 Å². The van der Waals surface area contributed by atoms with E-state index in [9.17, 15) is 4.39 Å². The zero-order valence-electron chi connectivity index (χ0n) is 12.5. The molecule has 4 heteroatoms. The quantitative estimate of drug-likeness (QED) is 0.572. The average Bonchev–Trinajstić information content (AvgIpc) is 2.42. The topological polar surface area (TPSA) is 61.9 Å². The van der Waals surface area contributed by atoms with Crippen LogP contribution in [0.2, 0.25) is 0 Å². The molecule has 2 rings (SSSR count). The molecule has 0 heterocycles. The molecular weight excluding hydrogens is 265 g/mol. The molecule has 0 aliphatic carbocycles. The van der Waals surface area contributed by atoms with Crippen molar-refractivity contribution in [2.75, 3.05) is 11.1 Å². The van der Waals surface area contributed by atoms with E-state index in [2.05, 4.69) is 5.32 Å². The lowest BCUT2D eigenvalue weighted by Crippen LogP contribution is -2.10. The molecule has 0 unspecified atom stereocenters. The number of hydrogen-bond donors (Lipinski definition) is 3. The van der Waals surface area contributed by atoms with Crippen LogP contribution in [0.5, 0.6) is 0 Å². The van der Waals surface area contributed by atoms with Crippen LogP contribution in [0.1, 0.15) is 25.0 Å². The highest BCUT2D eigenvalue weighted by molar-refractivity contribution is 6.04. The molecule has 0 aliphatic rings. The molecule has 2 aromatic rings. The first-order chi connectivity index (χ1) is 9.90. The second-order valence-electron chi connectivity index (χ2n) is 5.43. The smallest absolute Gasteiger partial charge is 0.146 e. The number of rotatable bonds is 4. The molecule has 0 saturated heterocycles. The number of benzene rings is 2. The molecule has 0 amide bonds. The lowest BCUT2D eigenvalue weighted by Gasteiger charge is -2.14. The van der Waals surface area contributed by atoms with Crippen LogP contribution in [0.15, 0.2) is 36.4 Å². The monoisotopic (exact) mass is 285 g/mol. The average molecular weight is 285 g/mol. The minimum absolute atomic E-state index is 0.111. The molecule has 3 nitrogen and oxygen atoms in total. The maximum absolute atomic E-state index is 13.8. The largest absolute Gasteiger partial charge is 0.398 e. The minimum Gasteiger partial charge on any atom is -0.398 e. The zero-order chi connectivity index (χ0) is 15.6. The van der Waals surface area contributed by atoms with E-state index in [0.717, 1.165) is 11.1 Å². The van der Waals surface area contributed by atoms with Gasteiger partial charge in [-0.3, -0.25) is 0 Å². The van der Waals surface area contributed by atoms with Crippen LogP contribution in [-0.2, 0) is 0 Å². The Hall–Kier alpha value is -2.36. The number of nitrogen functional groups attached to an aromatic ring is 1. The Morgan fingerprint density at radius 2 is 1.95 bits per heavy atom. The van der Waals surface area contributed by atoms with Crippen LogP contribution < -0.4 is 11.1 Å². The van der Waals surface area contributed by atoms with Gasteiger partial charge >= 0.3 is 0 Å². The number of hydrogen-bond acceptors (Lipinski definition) is 3. The van der Waals surface area contributed by atoms with E-state index in [1.807, 2.05) is 32.9 Å². The third-order valence-corrected chi connectivity index (χ3v) is 3.41. The SMILES string of the molecule is Cc1cccc(F)c1Nc1ccc(C(=N)C(C)C)c(N)c1. The van der Waals surface area contributed by atoms with E-state index in [1.165, 1.54) is 6.07 Å². The summed E-state index contributed by atoms with van der Waals surface area (Å²) >= 11 is 0. The Morgan fingerprint density at radius 1 is 1.24 bits per heavy atom. The molecule has 4 N–H and O–H groups in total. The summed E-state index contributed by atoms with van der Waals surface area (Å²) in [7, 11) is 0. The summed E-state index contributed by atoms with van der Waals surface area (Å²) < 4.78 is 13.8. The Kier molecular flexibility index (Phi) is 4.26. The van der Waals surface area contributed by atoms with Gasteiger partial charge in [0.25, 0.3) is 0 Å². The molecule has 0 radical (unpaired) electrons. The highest BCUT2D eigenvalue weighted by Crippen LogP contribution is 2.27. The molecule has 0 aliphatic heterocycles. The van der Waals surface area contributed by atoms with E-state index >= 15 is 0 Å². The fraction of sp³-hybridized carbons (Fsp3) is 0.235. The van der Waals surface area contributed by atoms with Gasteiger partial charge in [-0.15, -0.1) is 0 Å². The highest BCUT2D eigenvalue weighted by atomic mass is 19.1. The van der Waals surface area contributed by atoms with E-state index in [0.29, 0.717) is 22.8 Å². The second-order valence-corrected chi connectivity index (χ2v) is 5.43. The second kappa shape index (κ2) is 5.95. The molecule has 0 saturated carbocycles. The third-order valence-electron chi connectivity index (χ3n) is 3.41. The molecule has 0 bridgehead atoms. The summed E-state index contributed by atoms with van der Waals surface area (Å²) in [5, 5.41) is 11.1. The van der Waals surface area contributed by atoms with Gasteiger partial charge < -0.3 is 16.5 Å². The van der Waals surface area contributed by atoms with E-state index in [4.69, 9.17) is 11.1 Å². The summed E-state index contributed by atoms with van der Waals surface area (Å²) in [6.45, 7) is 5.75. The zero-order valence-corrected chi connectivity index (χ0v) is 12.5. The normalized spacial score (nSPS) is 10.7. The molecule has 0 spiro atoms. The van der Waals surface area contributed by atoms with Gasteiger partial charge in [-0.2, -0.15) is 0 Å². The fourth-order valence-corrected chi connectivity index (χ4v) is 2.13. The summed E-state index contributed by atoms with van der Waals surface area (Å²) in [5.41, 5.74) is 9.74. The van der Waals surface area contributed by atoms with Gasteiger partial charge in [0.05, 0.1) is 5.69 Å². The molecule has 0 fully saturated rings. The molecule has 0 atom stereocenters. The van der Waals surface area contributed by atoms with Gasteiger partial charge in [0, 0.05) is 22.6 Å². The van der Waals surface area contributed by atoms with Gasteiger partial charge in [0.15, 0.2) is 0 Å². The first kappa shape index (κ1) is 15.0. The van der Waals surface area contributed by atoms with Crippen LogP contribution in [0.25, 0.3) is 0 Å². The summed E-state index contributed by atoms with van der Waals surface area (Å²) in [4.78, 5) is 0. The Bertz CT molecular complexity index is 657. The predicted molar refractivity (Wildman–Crippen MR) is 86.9 cm³/mol. The first-order valence-electron chi connectivity index (χ1n) is 6.90. The van der Waals surface area contributed by atoms with Gasteiger partial charge in [0.1, 0.15) is 5.82 Å². The van der Waals surface area contributed by atoms with Gasteiger partial charge in [-0.05, 0) is 42.7 Å². The third kappa shape index (κ3) is 3.21. The molecule has 21 heavy (non-hydrogen) atoms. The number of halogens is 1. The molecule has 110 valence electrons. The standard InChI is InChI=1S/C17H20FN3/c1-10(2)16(20)13-8-7-12(9-15(13)19)21-17-11(3)5-4-6-14(17)18/h4-10,20-21H,19H2,1-3H3. The maximum Gasteiger partial charge on any atom is 0.146 e. The van der Waals surface area contributed by atoms with E-state index in [-0.39, 0.29) is 11.7 Å². The Morgan fingerprint density at radius 3 is 2.52 bits per heavy atom. The van der Waals surface area contributed by atoms with E-state index in [1.54, 1.807) is 18.2 Å². The molecular formula is C17H20FN3. The van der Waals surface area contributed by atoms with Crippen LogP contribution in [0, 0.1) is 24.1 Å². The van der Waals surface area contributed by atoms with Gasteiger partial charge in [0.2, 0.25) is 0 Å². The summed E-state index contributed by atoms with van der Waals surface area (Å²) in [6.07, 6.45) is 0. The fourth-order valence-electron chi connectivity index (χ4n) is 2.13. The van der Waals surface area contributed by atoms with Crippen molar-refractivity contribution in [2.24, 2.45) is 5.92 Å². The van der Waals surface area contributed by atoms with Crippen LogP contribution in [0.4, 0.5) is 21.5 Å². The number of aryl methyl sites for hydroxylation is 1. The Balaban J connectivity index is 2.31. The Labute approximate surface area is 124 Å². The van der Waals surface area contributed by atoms with Crippen molar-refractivity contribution < 1.29 is 4.39 Å². The van der Waals surface area contributed by atoms with Crippen molar-refractivity contribution in [3.63, 3.8) is 0 Å². The first-order valence-corrected chi connectivity index (χ1v) is 6.90. The maximum atomic E-state index is 13.8. The molecule has 0 aromatic heterocycles. The molecule has 2 aromatic carbocycles. The number of nitrogens with one attached hydrogen (secondary N) is 2. The predicted octanol–water partition coefficient (Wildman–Crippen LogP) is 4.48. The summed E-state index contributed by atoms with van der Waals surface area (Å²) in [5.74, 6) is -0.188. The van der Waals surface area contributed by atoms with Crippen molar-refractivity contribution in [3.05, 3.63) is 53.3 Å². The number of para-hydroxylation sites is 1. The lowest BCUT2D eigenvalue weighted by molar-refractivity contribution is 0.631. The van der Waals surface area contributed by atoms with Crippen molar-refractivity contribution in [1.29, 1.82) is 5.41 Å². The van der Waals surface area contributed by atoms with Crippen LogP contribution in [-0.4, -0.2) is 5.71 Å². The highest BCUT2D eigenvalue weighted by Gasteiger charge is 2.11. The van der Waals surface area contributed by atoms with Crippen molar-refractivity contribution in [2.45, 2.75) is 20.8 Å². The van der Waals surface area contributed by atoms with Crippen LogP contribution in [0.3, 0.4) is 0 Å². The van der Waals surface area contributed by atoms with Gasteiger partial charge in [-0.1, -0.05) is 26.0 Å². The van der Waals surface area contributed by atoms with E-state index < -0.39 is 0 Å². The van der Waals surface area contributed by atoms with Crippen molar-refractivity contribution >= 4 is 22.8 Å². The van der Waals surface area contributed by atoms with Crippen LogP contribution >= 0.6 is 0 Å². The number of nitrogens with two attached hydrogens (primary N) is 1. The summed E-state index contributed by atoms with van der Waals surface area (Å²) in [6, 6.07) is 10.3. The number of anilines is 3.